The minimum Gasteiger partial charge on any atom is -0.382 e. The molecule has 0 radical (unpaired) electrons. The van der Waals surface area contributed by atoms with Crippen LogP contribution >= 0.6 is 0 Å². The van der Waals surface area contributed by atoms with E-state index in [-0.39, 0.29) is 11.9 Å². The summed E-state index contributed by atoms with van der Waals surface area (Å²) in [5.41, 5.74) is 1.64. The molecule has 0 amide bonds. The molecule has 0 spiro atoms. The number of Topliss-reactive ketones (excluding diaryl/α,β-unsaturated/α-hetero) is 1. The van der Waals surface area contributed by atoms with Gasteiger partial charge in [0.05, 0.1) is 13.2 Å². The zero-order chi connectivity index (χ0) is 12.7. The van der Waals surface area contributed by atoms with E-state index in [1.54, 1.807) is 21.3 Å². The van der Waals surface area contributed by atoms with Gasteiger partial charge in [-0.25, -0.2) is 0 Å². The molecule has 0 bridgehead atoms. The van der Waals surface area contributed by atoms with Gasteiger partial charge in [-0.1, -0.05) is 18.2 Å². The van der Waals surface area contributed by atoms with Gasteiger partial charge in [0.1, 0.15) is 6.10 Å². The fourth-order valence-corrected chi connectivity index (χ4v) is 1.63. The molecular formula is C13H19NO3. The summed E-state index contributed by atoms with van der Waals surface area (Å²) in [6.45, 7) is 0.811. The number of benzene rings is 1. The highest BCUT2D eigenvalue weighted by Crippen LogP contribution is 2.18. The SMILES string of the molecule is CNCC(=O)c1cccc(C(COC)OC)c1. The van der Waals surface area contributed by atoms with E-state index in [1.807, 2.05) is 24.3 Å². The van der Waals surface area contributed by atoms with Crippen molar-refractivity contribution >= 4 is 5.78 Å². The predicted molar refractivity (Wildman–Crippen MR) is 66.3 cm³/mol. The van der Waals surface area contributed by atoms with E-state index >= 15 is 0 Å². The summed E-state index contributed by atoms with van der Waals surface area (Å²) in [5.74, 6) is 0.0709. The Morgan fingerprint density at radius 2 is 2.18 bits per heavy atom. The molecule has 94 valence electrons. The molecule has 0 saturated carbocycles. The highest BCUT2D eigenvalue weighted by atomic mass is 16.5. The average molecular weight is 237 g/mol. The van der Waals surface area contributed by atoms with Crippen LogP contribution in [0.25, 0.3) is 0 Å². The van der Waals surface area contributed by atoms with E-state index in [2.05, 4.69) is 5.32 Å². The van der Waals surface area contributed by atoms with E-state index < -0.39 is 0 Å². The van der Waals surface area contributed by atoms with Crippen molar-refractivity contribution in [3.8, 4) is 0 Å². The van der Waals surface area contributed by atoms with Gasteiger partial charge in [-0.05, 0) is 18.7 Å². The van der Waals surface area contributed by atoms with Crippen LogP contribution < -0.4 is 5.32 Å². The lowest BCUT2D eigenvalue weighted by molar-refractivity contribution is 0.0274. The molecule has 4 heteroatoms. The Hall–Kier alpha value is -1.23. The summed E-state index contributed by atoms with van der Waals surface area (Å²) in [6.07, 6.45) is -0.137. The number of carbonyl (C=O) groups is 1. The van der Waals surface area contributed by atoms with E-state index in [0.717, 1.165) is 5.56 Å². The molecular weight excluding hydrogens is 218 g/mol. The van der Waals surface area contributed by atoms with E-state index in [0.29, 0.717) is 18.7 Å². The molecule has 4 nitrogen and oxygen atoms in total. The third kappa shape index (κ3) is 3.93. The number of hydrogen-bond donors (Lipinski definition) is 1. The average Bonchev–Trinajstić information content (AvgIpc) is 2.36. The maximum Gasteiger partial charge on any atom is 0.176 e. The van der Waals surface area contributed by atoms with Gasteiger partial charge in [-0.15, -0.1) is 0 Å². The number of methoxy groups -OCH3 is 2. The van der Waals surface area contributed by atoms with E-state index in [9.17, 15) is 4.79 Å². The highest BCUT2D eigenvalue weighted by Gasteiger charge is 2.12. The molecule has 0 aliphatic carbocycles. The second kappa shape index (κ2) is 7.17. The number of ketones is 1. The molecule has 0 aliphatic rings. The molecule has 0 aliphatic heterocycles. The van der Waals surface area contributed by atoms with Crippen LogP contribution in [0.4, 0.5) is 0 Å². The summed E-state index contributed by atoms with van der Waals surface area (Å²) in [7, 11) is 5.01. The molecule has 0 heterocycles. The Kier molecular flexibility index (Phi) is 5.83. The largest absolute Gasteiger partial charge is 0.382 e. The lowest BCUT2D eigenvalue weighted by atomic mass is 10.0. The quantitative estimate of drug-likeness (QED) is 0.729. The first-order valence-corrected chi connectivity index (χ1v) is 5.52. The second-order valence-electron chi connectivity index (χ2n) is 3.76. The Balaban J connectivity index is 2.87. The topological polar surface area (TPSA) is 47.6 Å². The van der Waals surface area contributed by atoms with Crippen molar-refractivity contribution in [1.29, 1.82) is 0 Å². The first-order chi connectivity index (χ1) is 8.22. The normalized spacial score (nSPS) is 12.4. The Morgan fingerprint density at radius 1 is 1.41 bits per heavy atom. The molecule has 0 aromatic heterocycles. The van der Waals surface area contributed by atoms with Crippen molar-refractivity contribution in [2.24, 2.45) is 0 Å². The number of ether oxygens (including phenoxy) is 2. The van der Waals surface area contributed by atoms with Gasteiger partial charge < -0.3 is 14.8 Å². The number of carbonyl (C=O) groups excluding carboxylic acids is 1. The van der Waals surface area contributed by atoms with E-state index in [4.69, 9.17) is 9.47 Å². The number of rotatable bonds is 7. The summed E-state index contributed by atoms with van der Waals surface area (Å²) < 4.78 is 10.4. The number of nitrogens with one attached hydrogen (secondary N) is 1. The molecule has 1 N–H and O–H groups in total. The molecule has 1 aromatic rings. The van der Waals surface area contributed by atoms with Crippen molar-refractivity contribution in [2.75, 3.05) is 34.4 Å². The van der Waals surface area contributed by atoms with Gasteiger partial charge in [0.2, 0.25) is 0 Å². The first kappa shape index (κ1) is 13.8. The maximum atomic E-state index is 11.7. The van der Waals surface area contributed by atoms with Crippen molar-refractivity contribution in [3.63, 3.8) is 0 Å². The molecule has 1 atom stereocenters. The molecule has 0 saturated heterocycles. The Morgan fingerprint density at radius 3 is 2.76 bits per heavy atom. The molecule has 0 fully saturated rings. The van der Waals surface area contributed by atoms with Gasteiger partial charge in [-0.3, -0.25) is 4.79 Å². The zero-order valence-electron chi connectivity index (χ0n) is 10.5. The van der Waals surface area contributed by atoms with Crippen molar-refractivity contribution in [2.45, 2.75) is 6.10 Å². The minimum absolute atomic E-state index is 0.0709. The summed E-state index contributed by atoms with van der Waals surface area (Å²) in [6, 6.07) is 7.46. The van der Waals surface area contributed by atoms with Gasteiger partial charge in [0.25, 0.3) is 0 Å². The van der Waals surface area contributed by atoms with Crippen LogP contribution in [-0.4, -0.2) is 40.2 Å². The molecule has 1 unspecified atom stereocenters. The Bertz CT molecular complexity index is 365. The summed E-state index contributed by atoms with van der Waals surface area (Å²) in [4.78, 5) is 11.7. The third-order valence-corrected chi connectivity index (χ3v) is 2.52. The second-order valence-corrected chi connectivity index (χ2v) is 3.76. The standard InChI is InChI=1S/C13H19NO3/c1-14-8-12(15)10-5-4-6-11(7-10)13(17-3)9-16-2/h4-7,13-14H,8-9H2,1-3H3. The lowest BCUT2D eigenvalue weighted by Gasteiger charge is -2.15. The predicted octanol–water partition coefficient (Wildman–Crippen LogP) is 1.42. The van der Waals surface area contributed by atoms with Gasteiger partial charge >= 0.3 is 0 Å². The summed E-state index contributed by atoms with van der Waals surface area (Å²) in [5, 5.41) is 2.85. The third-order valence-electron chi connectivity index (χ3n) is 2.52. The molecule has 17 heavy (non-hydrogen) atoms. The van der Waals surface area contributed by atoms with Crippen LogP contribution in [0.3, 0.4) is 0 Å². The summed E-state index contributed by atoms with van der Waals surface area (Å²) >= 11 is 0. The molecule has 1 aromatic carbocycles. The van der Waals surface area contributed by atoms with Crippen LogP contribution in [0.1, 0.15) is 22.0 Å². The number of hydrogen-bond acceptors (Lipinski definition) is 4. The van der Waals surface area contributed by atoms with Crippen LogP contribution in [0.15, 0.2) is 24.3 Å². The fraction of sp³-hybridized carbons (Fsp3) is 0.462. The van der Waals surface area contributed by atoms with Gasteiger partial charge in [0.15, 0.2) is 5.78 Å². The Labute approximate surface area is 102 Å². The van der Waals surface area contributed by atoms with Crippen LogP contribution in [0.2, 0.25) is 0 Å². The van der Waals surface area contributed by atoms with E-state index in [1.165, 1.54) is 0 Å². The number of likely N-dealkylation sites (N-methyl/N-ethyl adjacent to an activating group) is 1. The highest BCUT2D eigenvalue weighted by molar-refractivity contribution is 5.97. The smallest absolute Gasteiger partial charge is 0.176 e. The first-order valence-electron chi connectivity index (χ1n) is 5.52. The zero-order valence-corrected chi connectivity index (χ0v) is 10.5. The van der Waals surface area contributed by atoms with Crippen molar-refractivity contribution < 1.29 is 14.3 Å². The maximum absolute atomic E-state index is 11.7. The van der Waals surface area contributed by atoms with Gasteiger partial charge in [-0.2, -0.15) is 0 Å². The monoisotopic (exact) mass is 237 g/mol. The van der Waals surface area contributed by atoms with Gasteiger partial charge in [0, 0.05) is 19.8 Å². The van der Waals surface area contributed by atoms with Crippen LogP contribution in [0.5, 0.6) is 0 Å². The fourth-order valence-electron chi connectivity index (χ4n) is 1.63. The van der Waals surface area contributed by atoms with Crippen molar-refractivity contribution in [1.82, 2.24) is 5.32 Å². The van der Waals surface area contributed by atoms with Crippen LogP contribution in [0, 0.1) is 0 Å². The lowest BCUT2D eigenvalue weighted by Crippen LogP contribution is -2.19. The van der Waals surface area contributed by atoms with Crippen molar-refractivity contribution in [3.05, 3.63) is 35.4 Å². The van der Waals surface area contributed by atoms with Crippen LogP contribution in [-0.2, 0) is 9.47 Å². The molecule has 1 rings (SSSR count). The minimum atomic E-state index is -0.137.